The SMILES string of the molecule is CC1(C)OC[C@@]2(C)O[C@@H](CC#CC[C@H]3O[C@H]4CC[C@@]5(C)O[C@@](C)(CCOCc6ccccc6)[C@H](OCc6ccccc6)C[C@@H]5O[C@@H]4C[C@@H]3O[Si](C)(C)C(C)(C)C)[C@H](O[Si](C)(C)C(C)(C)C)C[C@@H]2O1. The molecule has 0 amide bonds. The van der Waals surface area contributed by atoms with Crippen LogP contribution in [0.1, 0.15) is 139 Å². The molecule has 5 aliphatic rings. The fourth-order valence-electron chi connectivity index (χ4n) is 10.2. The molecule has 380 valence electrons. The van der Waals surface area contributed by atoms with Gasteiger partial charge in [-0.2, -0.15) is 0 Å². The number of fused-ring (bicyclic) bond motifs is 3. The second-order valence-electron chi connectivity index (χ2n) is 24.8. The van der Waals surface area contributed by atoms with Gasteiger partial charge in [0.2, 0.25) is 0 Å². The highest BCUT2D eigenvalue weighted by molar-refractivity contribution is 6.74. The molecular formula is C56H88O10Si2. The van der Waals surface area contributed by atoms with E-state index in [0.29, 0.717) is 52.1 Å². The van der Waals surface area contributed by atoms with Crippen LogP contribution in [0.4, 0.5) is 0 Å². The van der Waals surface area contributed by atoms with Gasteiger partial charge in [0.25, 0.3) is 0 Å². The van der Waals surface area contributed by atoms with Crippen molar-refractivity contribution in [2.45, 2.75) is 255 Å². The lowest BCUT2D eigenvalue weighted by molar-refractivity contribution is -0.365. The van der Waals surface area contributed by atoms with E-state index in [1.165, 1.54) is 0 Å². The topological polar surface area (TPSA) is 92.3 Å². The number of benzene rings is 2. The molecule has 0 N–H and O–H groups in total. The van der Waals surface area contributed by atoms with Gasteiger partial charge >= 0.3 is 0 Å². The van der Waals surface area contributed by atoms with Crippen LogP contribution in [0.3, 0.4) is 0 Å². The van der Waals surface area contributed by atoms with Gasteiger partial charge in [-0.25, -0.2) is 0 Å². The van der Waals surface area contributed by atoms with Gasteiger partial charge in [0.1, 0.15) is 5.60 Å². The highest BCUT2D eigenvalue weighted by atomic mass is 28.4. The summed E-state index contributed by atoms with van der Waals surface area (Å²) in [6.45, 7) is 35.6. The first kappa shape index (κ1) is 53.8. The summed E-state index contributed by atoms with van der Waals surface area (Å²) in [4.78, 5) is 0. The Labute approximate surface area is 413 Å². The second-order valence-corrected chi connectivity index (χ2v) is 34.3. The average Bonchev–Trinajstić information content (AvgIpc) is 3.38. The van der Waals surface area contributed by atoms with Gasteiger partial charge in [-0.05, 0) is 94.9 Å². The van der Waals surface area contributed by atoms with E-state index in [1.807, 2.05) is 26.0 Å². The summed E-state index contributed by atoms with van der Waals surface area (Å²) in [6.07, 6.45) is 4.06. The van der Waals surface area contributed by atoms with Crippen molar-refractivity contribution in [3.8, 4) is 11.8 Å². The Bertz CT molecular complexity index is 2010. The van der Waals surface area contributed by atoms with Crippen molar-refractivity contribution >= 4 is 16.6 Å². The number of hydrogen-bond acceptors (Lipinski definition) is 10. The first-order valence-corrected chi connectivity index (χ1v) is 31.6. The number of rotatable bonds is 14. The van der Waals surface area contributed by atoms with Crippen LogP contribution in [0.2, 0.25) is 36.3 Å². The van der Waals surface area contributed by atoms with Crippen LogP contribution in [0.25, 0.3) is 0 Å². The molecule has 12 atom stereocenters. The molecular weight excluding hydrogens is 889 g/mol. The molecule has 5 aliphatic heterocycles. The van der Waals surface area contributed by atoms with Gasteiger partial charge in [-0.1, -0.05) is 102 Å². The zero-order valence-corrected chi connectivity index (χ0v) is 46.5. The second kappa shape index (κ2) is 20.9. The lowest BCUT2D eigenvalue weighted by Crippen LogP contribution is -2.65. The molecule has 68 heavy (non-hydrogen) atoms. The standard InChI is InChI=1S/C56H88O10Si2/c1-51(2,3)67(12,13)64-46-34-45-43(60-42(46)28-22-23-29-44-47(65-68(14,15)52(4,5)6)35-50-56(11,62-44)39-59-53(7,8)63-50)30-31-54(9)49(61-45)36-48(58-38-41-26-20-17-21-27-41)55(10,66-54)32-33-57-37-40-24-18-16-19-25-40/h16-21,24-27,42-50H,28-39H2,1-15H3/t42-,43+,44+,45-,46+,47-,48-,49+,50+,54-,55+,56-/m1/s1. The minimum absolute atomic E-state index is 0.0198. The minimum atomic E-state index is -2.22. The monoisotopic (exact) mass is 977 g/mol. The van der Waals surface area contributed by atoms with Gasteiger partial charge < -0.3 is 46.7 Å². The molecule has 0 bridgehead atoms. The third kappa shape index (κ3) is 12.8. The molecule has 12 heteroatoms. The van der Waals surface area contributed by atoms with Crippen molar-refractivity contribution in [1.29, 1.82) is 0 Å². The van der Waals surface area contributed by atoms with Crippen LogP contribution in [0.15, 0.2) is 60.7 Å². The third-order valence-corrected chi connectivity index (χ3v) is 25.7. The lowest BCUT2D eigenvalue weighted by Gasteiger charge is -2.54. The zero-order chi connectivity index (χ0) is 49.4. The fourth-order valence-corrected chi connectivity index (χ4v) is 12.9. The van der Waals surface area contributed by atoms with Crippen molar-refractivity contribution in [2.75, 3.05) is 13.2 Å². The van der Waals surface area contributed by atoms with Gasteiger partial charge in [0.15, 0.2) is 22.4 Å². The summed E-state index contributed by atoms with van der Waals surface area (Å²) in [5, 5.41) is 0.0687. The third-order valence-electron chi connectivity index (χ3n) is 16.6. The maximum Gasteiger partial charge on any atom is 0.192 e. The van der Waals surface area contributed by atoms with E-state index in [1.54, 1.807) is 0 Å². The van der Waals surface area contributed by atoms with Crippen LogP contribution >= 0.6 is 0 Å². The summed E-state index contributed by atoms with van der Waals surface area (Å²) in [5.41, 5.74) is 0.571. The van der Waals surface area contributed by atoms with Gasteiger partial charge in [0.05, 0.1) is 86.0 Å². The van der Waals surface area contributed by atoms with Gasteiger partial charge in [0, 0.05) is 45.1 Å². The molecule has 0 spiro atoms. The number of hydrogen-bond donors (Lipinski definition) is 0. The molecule has 5 heterocycles. The smallest absolute Gasteiger partial charge is 0.192 e. The Balaban J connectivity index is 1.08. The Morgan fingerprint density at radius 2 is 1.22 bits per heavy atom. The van der Waals surface area contributed by atoms with Crippen LogP contribution in [0, 0.1) is 11.8 Å². The summed E-state index contributed by atoms with van der Waals surface area (Å²) in [5.74, 6) is 6.50. The predicted octanol–water partition coefficient (Wildman–Crippen LogP) is 12.1. The Morgan fingerprint density at radius 3 is 1.82 bits per heavy atom. The Morgan fingerprint density at radius 1 is 0.647 bits per heavy atom. The predicted molar refractivity (Wildman–Crippen MR) is 273 cm³/mol. The van der Waals surface area contributed by atoms with Crippen molar-refractivity contribution in [2.24, 2.45) is 0 Å². The Hall–Kier alpha value is -1.97. The summed E-state index contributed by atoms with van der Waals surface area (Å²) >= 11 is 0. The highest BCUT2D eigenvalue weighted by Gasteiger charge is 2.58. The molecule has 0 radical (unpaired) electrons. The van der Waals surface area contributed by atoms with Gasteiger partial charge in [-0.15, -0.1) is 11.8 Å². The van der Waals surface area contributed by atoms with Crippen LogP contribution in [0.5, 0.6) is 0 Å². The summed E-state index contributed by atoms with van der Waals surface area (Å²) in [7, 11) is -4.36. The van der Waals surface area contributed by atoms with E-state index in [4.69, 9.17) is 46.7 Å². The van der Waals surface area contributed by atoms with Crippen molar-refractivity contribution in [3.63, 3.8) is 0 Å². The molecule has 5 fully saturated rings. The molecule has 0 unspecified atom stereocenters. The van der Waals surface area contributed by atoms with E-state index < -0.39 is 39.2 Å². The van der Waals surface area contributed by atoms with E-state index in [9.17, 15) is 0 Å². The lowest BCUT2D eigenvalue weighted by atomic mass is 9.79. The Kier molecular flexibility index (Phi) is 16.5. The first-order valence-electron chi connectivity index (χ1n) is 25.8. The maximum atomic E-state index is 7.36. The molecule has 0 saturated carbocycles. The molecule has 5 saturated heterocycles. The summed E-state index contributed by atoms with van der Waals surface area (Å²) < 4.78 is 69.0. The zero-order valence-electron chi connectivity index (χ0n) is 44.5. The highest BCUT2D eigenvalue weighted by Crippen LogP contribution is 2.49. The molecule has 10 nitrogen and oxygen atoms in total. The van der Waals surface area contributed by atoms with Crippen molar-refractivity contribution < 1.29 is 46.7 Å². The van der Waals surface area contributed by atoms with Crippen LogP contribution < -0.4 is 0 Å². The molecule has 2 aromatic rings. The van der Waals surface area contributed by atoms with E-state index in [-0.39, 0.29) is 65.0 Å². The minimum Gasteiger partial charge on any atom is -0.411 e. The quantitative estimate of drug-likeness (QED) is 0.104. The van der Waals surface area contributed by atoms with Crippen molar-refractivity contribution in [1.82, 2.24) is 0 Å². The van der Waals surface area contributed by atoms with Crippen molar-refractivity contribution in [3.05, 3.63) is 71.8 Å². The molecule has 2 aromatic carbocycles. The van der Waals surface area contributed by atoms with E-state index >= 15 is 0 Å². The van der Waals surface area contributed by atoms with Gasteiger partial charge in [-0.3, -0.25) is 0 Å². The first-order chi connectivity index (χ1) is 31.7. The largest absolute Gasteiger partial charge is 0.411 e. The van der Waals surface area contributed by atoms with Crippen LogP contribution in [-0.2, 0) is 60.0 Å². The average molecular weight is 977 g/mol. The molecule has 0 aliphatic carbocycles. The van der Waals surface area contributed by atoms with E-state index in [0.717, 1.165) is 36.8 Å². The van der Waals surface area contributed by atoms with Crippen LogP contribution in [-0.4, -0.2) is 107 Å². The van der Waals surface area contributed by atoms with E-state index in [2.05, 4.69) is 149 Å². The fraction of sp³-hybridized carbons (Fsp3) is 0.750. The number of ether oxygens (including phenoxy) is 8. The maximum absolute atomic E-state index is 7.36. The summed E-state index contributed by atoms with van der Waals surface area (Å²) in [6, 6.07) is 20.7. The molecule has 0 aromatic heterocycles. The molecule has 7 rings (SSSR count). The normalized spacial score (nSPS) is 35.5.